The van der Waals surface area contributed by atoms with Crippen LogP contribution in [0.25, 0.3) is 0 Å². The Hall–Kier alpha value is -2.60. The van der Waals surface area contributed by atoms with E-state index < -0.39 is 17.8 Å². The van der Waals surface area contributed by atoms with Crippen molar-refractivity contribution < 1.29 is 18.7 Å². The fraction of sp³-hybridized carbons (Fsp3) is 0.364. The van der Waals surface area contributed by atoms with Crippen molar-refractivity contribution in [3.8, 4) is 5.75 Å². The molecule has 2 amide bonds. The third-order valence-electron chi connectivity index (χ3n) is 4.39. The Morgan fingerprint density at radius 2 is 1.86 bits per heavy atom. The molecule has 0 aromatic heterocycles. The molecule has 0 spiro atoms. The fourth-order valence-electron chi connectivity index (χ4n) is 2.73. The number of aryl methyl sites for hydroxylation is 1. The number of nitrogens with zero attached hydrogens (tertiary/aromatic N) is 1. The molecule has 2 aromatic carbocycles. The number of hydrogen-bond donors (Lipinski definition) is 1. The van der Waals surface area contributed by atoms with Gasteiger partial charge in [0.2, 0.25) is 5.91 Å². The predicted octanol–water partition coefficient (Wildman–Crippen LogP) is 4.11. The first-order valence-electron chi connectivity index (χ1n) is 9.41. The Kier molecular flexibility index (Phi) is 8.02. The fourth-order valence-corrected chi connectivity index (χ4v) is 2.85. The summed E-state index contributed by atoms with van der Waals surface area (Å²) in [5.74, 6) is -0.680. The molecule has 1 atom stereocenters. The highest BCUT2D eigenvalue weighted by Gasteiger charge is 2.27. The molecule has 2 rings (SSSR count). The summed E-state index contributed by atoms with van der Waals surface area (Å²) in [7, 11) is 0. The summed E-state index contributed by atoms with van der Waals surface area (Å²) < 4.78 is 19.7. The molecule has 0 heterocycles. The standard InChI is InChI=1S/C22H26ClFN2O3/c1-14(2)25-22(28)16(4)26(12-17-7-5-6-8-20(17)24)21(27)13-29-18-9-10-19(23)15(3)11-18/h5-11,14,16H,12-13H2,1-4H3,(H,25,28)/t16-/m1/s1. The lowest BCUT2D eigenvalue weighted by molar-refractivity contribution is -0.142. The largest absolute Gasteiger partial charge is 0.484 e. The second-order valence-electron chi connectivity index (χ2n) is 7.15. The summed E-state index contributed by atoms with van der Waals surface area (Å²) in [4.78, 5) is 26.7. The molecular weight excluding hydrogens is 395 g/mol. The van der Waals surface area contributed by atoms with Gasteiger partial charge >= 0.3 is 0 Å². The molecule has 0 bridgehead atoms. The van der Waals surface area contributed by atoms with E-state index in [9.17, 15) is 14.0 Å². The minimum absolute atomic E-state index is 0.0405. The summed E-state index contributed by atoms with van der Waals surface area (Å²) in [6.07, 6.45) is 0. The lowest BCUT2D eigenvalue weighted by Gasteiger charge is -2.29. The van der Waals surface area contributed by atoms with Crippen LogP contribution in [0.2, 0.25) is 5.02 Å². The number of amides is 2. The molecule has 0 radical (unpaired) electrons. The van der Waals surface area contributed by atoms with Gasteiger partial charge in [-0.3, -0.25) is 9.59 Å². The van der Waals surface area contributed by atoms with Gasteiger partial charge in [0.25, 0.3) is 5.91 Å². The van der Waals surface area contributed by atoms with Gasteiger partial charge in [-0.25, -0.2) is 4.39 Å². The maximum Gasteiger partial charge on any atom is 0.261 e. The van der Waals surface area contributed by atoms with Crippen LogP contribution < -0.4 is 10.1 Å². The van der Waals surface area contributed by atoms with Crippen molar-refractivity contribution in [2.24, 2.45) is 0 Å². The van der Waals surface area contributed by atoms with Crippen molar-refractivity contribution in [1.29, 1.82) is 0 Å². The highest BCUT2D eigenvalue weighted by atomic mass is 35.5. The minimum Gasteiger partial charge on any atom is -0.484 e. The van der Waals surface area contributed by atoms with Gasteiger partial charge in [-0.2, -0.15) is 0 Å². The molecule has 2 aromatic rings. The van der Waals surface area contributed by atoms with E-state index in [1.807, 2.05) is 20.8 Å². The van der Waals surface area contributed by atoms with Crippen molar-refractivity contribution in [3.05, 3.63) is 64.4 Å². The molecule has 29 heavy (non-hydrogen) atoms. The normalized spacial score (nSPS) is 11.8. The van der Waals surface area contributed by atoms with Gasteiger partial charge in [0.05, 0.1) is 0 Å². The number of rotatable bonds is 8. The average Bonchev–Trinajstić information content (AvgIpc) is 2.67. The monoisotopic (exact) mass is 420 g/mol. The van der Waals surface area contributed by atoms with Gasteiger partial charge in [-0.05, 0) is 57.5 Å². The van der Waals surface area contributed by atoms with Crippen molar-refractivity contribution in [3.63, 3.8) is 0 Å². The average molecular weight is 421 g/mol. The smallest absolute Gasteiger partial charge is 0.261 e. The van der Waals surface area contributed by atoms with Crippen LogP contribution in [0.3, 0.4) is 0 Å². The van der Waals surface area contributed by atoms with E-state index in [1.165, 1.54) is 11.0 Å². The minimum atomic E-state index is -0.792. The van der Waals surface area contributed by atoms with Gasteiger partial charge < -0.3 is 15.0 Å². The molecule has 0 aliphatic carbocycles. The molecular formula is C22H26ClFN2O3. The van der Waals surface area contributed by atoms with Crippen molar-refractivity contribution in [1.82, 2.24) is 10.2 Å². The lowest BCUT2D eigenvalue weighted by atomic mass is 10.1. The second-order valence-corrected chi connectivity index (χ2v) is 7.56. The van der Waals surface area contributed by atoms with E-state index in [0.717, 1.165) is 5.56 Å². The molecule has 0 saturated carbocycles. The molecule has 0 fully saturated rings. The van der Waals surface area contributed by atoms with Crippen LogP contribution in [0.5, 0.6) is 5.75 Å². The van der Waals surface area contributed by atoms with Gasteiger partial charge in [-0.15, -0.1) is 0 Å². The summed E-state index contributed by atoms with van der Waals surface area (Å²) in [6, 6.07) is 10.4. The van der Waals surface area contributed by atoms with Crippen LogP contribution in [-0.2, 0) is 16.1 Å². The third-order valence-corrected chi connectivity index (χ3v) is 4.81. The first-order valence-corrected chi connectivity index (χ1v) is 9.79. The zero-order valence-electron chi connectivity index (χ0n) is 17.0. The number of halogens is 2. The van der Waals surface area contributed by atoms with Gasteiger partial charge in [0.1, 0.15) is 17.6 Å². The molecule has 0 saturated heterocycles. The Balaban J connectivity index is 2.18. The van der Waals surface area contributed by atoms with Gasteiger partial charge in [-0.1, -0.05) is 29.8 Å². The van der Waals surface area contributed by atoms with Gasteiger partial charge in [0, 0.05) is 23.2 Å². The first kappa shape index (κ1) is 22.7. The molecule has 156 valence electrons. The number of ether oxygens (including phenoxy) is 1. The zero-order chi connectivity index (χ0) is 21.6. The number of benzene rings is 2. The van der Waals surface area contributed by atoms with Crippen LogP contribution in [-0.4, -0.2) is 35.4 Å². The number of hydrogen-bond acceptors (Lipinski definition) is 3. The number of nitrogens with one attached hydrogen (secondary N) is 1. The molecule has 1 N–H and O–H groups in total. The maximum absolute atomic E-state index is 14.1. The molecule has 0 aliphatic heterocycles. The first-order chi connectivity index (χ1) is 13.7. The Morgan fingerprint density at radius 3 is 2.48 bits per heavy atom. The second kappa shape index (κ2) is 10.3. The zero-order valence-corrected chi connectivity index (χ0v) is 17.8. The molecule has 0 unspecified atom stereocenters. The quantitative estimate of drug-likeness (QED) is 0.699. The topological polar surface area (TPSA) is 58.6 Å². The van der Waals surface area contributed by atoms with Gasteiger partial charge in [0.15, 0.2) is 6.61 Å². The van der Waals surface area contributed by atoms with E-state index in [0.29, 0.717) is 16.3 Å². The van der Waals surface area contributed by atoms with Crippen LogP contribution >= 0.6 is 11.6 Å². The van der Waals surface area contributed by atoms with Crippen LogP contribution in [0.15, 0.2) is 42.5 Å². The molecule has 7 heteroatoms. The maximum atomic E-state index is 14.1. The Bertz CT molecular complexity index is 873. The van der Waals surface area contributed by atoms with E-state index in [4.69, 9.17) is 16.3 Å². The van der Waals surface area contributed by atoms with Crippen molar-refractivity contribution in [2.75, 3.05) is 6.61 Å². The van der Waals surface area contributed by atoms with E-state index in [-0.39, 0.29) is 25.1 Å². The highest BCUT2D eigenvalue weighted by molar-refractivity contribution is 6.31. The summed E-state index contributed by atoms with van der Waals surface area (Å²) in [6.45, 7) is 6.79. The lowest BCUT2D eigenvalue weighted by Crippen LogP contribution is -2.50. The summed E-state index contributed by atoms with van der Waals surface area (Å²) in [5, 5.41) is 3.38. The summed E-state index contributed by atoms with van der Waals surface area (Å²) in [5.41, 5.74) is 1.15. The van der Waals surface area contributed by atoms with E-state index >= 15 is 0 Å². The molecule has 5 nitrogen and oxygen atoms in total. The number of carbonyl (C=O) groups excluding carboxylic acids is 2. The SMILES string of the molecule is Cc1cc(OCC(=O)N(Cc2ccccc2F)[C@H](C)C(=O)NC(C)C)ccc1Cl. The highest BCUT2D eigenvalue weighted by Crippen LogP contribution is 2.21. The molecule has 0 aliphatic rings. The van der Waals surface area contributed by atoms with Crippen LogP contribution in [0.4, 0.5) is 4.39 Å². The van der Waals surface area contributed by atoms with Crippen LogP contribution in [0, 0.1) is 12.7 Å². The van der Waals surface area contributed by atoms with Crippen LogP contribution in [0.1, 0.15) is 31.9 Å². The van der Waals surface area contributed by atoms with E-state index in [2.05, 4.69) is 5.32 Å². The Labute approximate surface area is 175 Å². The van der Waals surface area contributed by atoms with E-state index in [1.54, 1.807) is 43.3 Å². The Morgan fingerprint density at radius 1 is 1.17 bits per heavy atom. The number of carbonyl (C=O) groups is 2. The summed E-state index contributed by atoms with van der Waals surface area (Å²) >= 11 is 6.01. The predicted molar refractivity (Wildman–Crippen MR) is 111 cm³/mol. The van der Waals surface area contributed by atoms with Crippen molar-refractivity contribution >= 4 is 23.4 Å². The third kappa shape index (κ3) is 6.46. The van der Waals surface area contributed by atoms with Crippen molar-refractivity contribution in [2.45, 2.75) is 46.3 Å².